The lowest BCUT2D eigenvalue weighted by molar-refractivity contribution is -0.138. The van der Waals surface area contributed by atoms with Crippen LogP contribution in [-0.4, -0.2) is 5.91 Å². The zero-order valence-corrected chi connectivity index (χ0v) is 15.3. The zero-order chi connectivity index (χ0) is 22.1. The summed E-state index contributed by atoms with van der Waals surface area (Å²) in [7, 11) is 0. The van der Waals surface area contributed by atoms with Gasteiger partial charge < -0.3 is 10.1 Å². The first-order valence-corrected chi connectivity index (χ1v) is 8.46. The summed E-state index contributed by atoms with van der Waals surface area (Å²) in [6, 6.07) is 8.53. The van der Waals surface area contributed by atoms with Crippen LogP contribution in [0.3, 0.4) is 0 Å². The number of rotatable bonds is 4. The molecule has 3 aromatic rings. The Balaban J connectivity index is 1.78. The molecule has 0 aliphatic rings. The van der Waals surface area contributed by atoms with Crippen molar-refractivity contribution in [3.8, 4) is 11.5 Å². The molecule has 30 heavy (non-hydrogen) atoms. The number of aryl methyl sites for hydroxylation is 1. The number of benzene rings is 3. The van der Waals surface area contributed by atoms with Gasteiger partial charge in [-0.15, -0.1) is 0 Å². The first-order chi connectivity index (χ1) is 14.0. The third-order valence-corrected chi connectivity index (χ3v) is 4.07. The molecule has 1 N–H and O–H groups in total. The number of hydrogen-bond donors (Lipinski definition) is 1. The van der Waals surface area contributed by atoms with E-state index in [2.05, 4.69) is 5.32 Å². The van der Waals surface area contributed by atoms with E-state index in [0.29, 0.717) is 24.3 Å². The van der Waals surface area contributed by atoms with Crippen LogP contribution in [0.1, 0.15) is 21.5 Å². The lowest BCUT2D eigenvalue weighted by atomic mass is 10.1. The first kappa shape index (κ1) is 21.2. The summed E-state index contributed by atoms with van der Waals surface area (Å²) >= 11 is 0. The highest BCUT2D eigenvalue weighted by atomic mass is 19.4. The number of ether oxygens (including phenoxy) is 1. The number of nitrogens with one attached hydrogen (secondary N) is 1. The molecule has 1 amide bonds. The van der Waals surface area contributed by atoms with Gasteiger partial charge in [0.2, 0.25) is 0 Å². The summed E-state index contributed by atoms with van der Waals surface area (Å²) in [6.07, 6.45) is -4.74. The molecule has 9 heteroatoms. The van der Waals surface area contributed by atoms with E-state index in [1.165, 1.54) is 31.2 Å². The Bertz CT molecular complexity index is 1070. The van der Waals surface area contributed by atoms with Crippen molar-refractivity contribution < 1.29 is 35.9 Å². The molecule has 3 nitrogen and oxygen atoms in total. The third kappa shape index (κ3) is 4.73. The summed E-state index contributed by atoms with van der Waals surface area (Å²) in [4.78, 5) is 12.3. The van der Waals surface area contributed by atoms with Gasteiger partial charge in [0.1, 0.15) is 29.0 Å². The zero-order valence-electron chi connectivity index (χ0n) is 15.3. The topological polar surface area (TPSA) is 38.3 Å². The van der Waals surface area contributed by atoms with Gasteiger partial charge in [0.15, 0.2) is 0 Å². The van der Waals surface area contributed by atoms with E-state index in [-0.39, 0.29) is 22.6 Å². The second-order valence-corrected chi connectivity index (χ2v) is 6.30. The Morgan fingerprint density at radius 3 is 2.17 bits per heavy atom. The second-order valence-electron chi connectivity index (χ2n) is 6.30. The Hall–Kier alpha value is -3.49. The fourth-order valence-electron chi connectivity index (χ4n) is 2.73. The van der Waals surface area contributed by atoms with Crippen LogP contribution >= 0.6 is 0 Å². The van der Waals surface area contributed by atoms with E-state index < -0.39 is 40.8 Å². The molecule has 3 aromatic carbocycles. The van der Waals surface area contributed by atoms with Crippen LogP contribution in [0, 0.1) is 24.4 Å². The Morgan fingerprint density at radius 1 is 0.900 bits per heavy atom. The lowest BCUT2D eigenvalue weighted by Gasteiger charge is -2.14. The van der Waals surface area contributed by atoms with Crippen LogP contribution in [0.4, 0.5) is 32.0 Å². The predicted octanol–water partition coefficient (Wildman–Crippen LogP) is 6.48. The molecule has 0 fully saturated rings. The minimum Gasteiger partial charge on any atom is -0.457 e. The maximum atomic E-state index is 13.9. The first-order valence-electron chi connectivity index (χ1n) is 8.46. The van der Waals surface area contributed by atoms with Crippen molar-refractivity contribution in [3.63, 3.8) is 0 Å². The number of halogens is 6. The van der Waals surface area contributed by atoms with E-state index in [1.807, 2.05) is 0 Å². The number of carbonyl (C=O) groups excluding carboxylic acids is 1. The number of carbonyl (C=O) groups is 1. The molecule has 0 heterocycles. The Kier molecular flexibility index (Phi) is 5.73. The van der Waals surface area contributed by atoms with Crippen molar-refractivity contribution in [2.24, 2.45) is 0 Å². The van der Waals surface area contributed by atoms with Gasteiger partial charge >= 0.3 is 6.18 Å². The third-order valence-electron chi connectivity index (χ3n) is 4.07. The average Bonchev–Trinajstić information content (AvgIpc) is 2.61. The van der Waals surface area contributed by atoms with Gasteiger partial charge in [0.25, 0.3) is 5.91 Å². The number of amides is 1. The summed E-state index contributed by atoms with van der Waals surface area (Å²) in [6.45, 7) is 1.37. The van der Waals surface area contributed by atoms with Gasteiger partial charge in [0, 0.05) is 17.8 Å². The summed E-state index contributed by atoms with van der Waals surface area (Å²) in [5.74, 6) is -4.35. The second kappa shape index (κ2) is 8.10. The summed E-state index contributed by atoms with van der Waals surface area (Å²) in [5, 5.41) is 2.40. The van der Waals surface area contributed by atoms with Gasteiger partial charge in [-0.3, -0.25) is 4.79 Å². The largest absolute Gasteiger partial charge is 0.457 e. The van der Waals surface area contributed by atoms with Crippen LogP contribution in [0.2, 0.25) is 0 Å². The standard InChI is InChI=1S/C21H13F6NO2/c1-11-8-13(23)9-17(24)19(11)20(29)28-14-3-5-15(6-4-14)30-18-10-12(22)2-7-16(18)21(25,26)27/h2-10H,1H3,(H,28,29). The molecule has 0 aliphatic carbocycles. The molecule has 0 saturated carbocycles. The predicted molar refractivity (Wildman–Crippen MR) is 97.0 cm³/mol. The maximum Gasteiger partial charge on any atom is 0.419 e. The number of alkyl halides is 3. The van der Waals surface area contributed by atoms with Crippen molar-refractivity contribution in [1.29, 1.82) is 0 Å². The SMILES string of the molecule is Cc1cc(F)cc(F)c1C(=O)Nc1ccc(Oc2cc(F)ccc2C(F)(F)F)cc1. The van der Waals surface area contributed by atoms with Crippen molar-refractivity contribution in [1.82, 2.24) is 0 Å². The fourth-order valence-corrected chi connectivity index (χ4v) is 2.73. The van der Waals surface area contributed by atoms with E-state index >= 15 is 0 Å². The Labute approximate surface area is 166 Å². The smallest absolute Gasteiger partial charge is 0.419 e. The molecule has 0 bridgehead atoms. The van der Waals surface area contributed by atoms with Gasteiger partial charge in [-0.25, -0.2) is 13.2 Å². The van der Waals surface area contributed by atoms with Crippen molar-refractivity contribution in [2.75, 3.05) is 5.32 Å². The van der Waals surface area contributed by atoms with Gasteiger partial charge in [-0.1, -0.05) is 0 Å². The highest BCUT2D eigenvalue weighted by molar-refractivity contribution is 6.05. The van der Waals surface area contributed by atoms with Crippen LogP contribution in [0.25, 0.3) is 0 Å². The molecule has 0 spiro atoms. The minimum atomic E-state index is -4.74. The molecule has 3 rings (SSSR count). The number of hydrogen-bond acceptors (Lipinski definition) is 2. The van der Waals surface area contributed by atoms with Crippen molar-refractivity contribution >= 4 is 11.6 Å². The molecule has 0 aromatic heterocycles. The van der Waals surface area contributed by atoms with Gasteiger partial charge in [-0.05, 0) is 55.0 Å². The van der Waals surface area contributed by atoms with Crippen LogP contribution in [0.15, 0.2) is 54.6 Å². The van der Waals surface area contributed by atoms with Crippen LogP contribution in [-0.2, 0) is 6.18 Å². The monoisotopic (exact) mass is 425 g/mol. The molecule has 0 aliphatic heterocycles. The average molecular weight is 425 g/mol. The van der Waals surface area contributed by atoms with E-state index in [0.717, 1.165) is 6.07 Å². The lowest BCUT2D eigenvalue weighted by Crippen LogP contribution is -2.15. The summed E-state index contributed by atoms with van der Waals surface area (Å²) < 4.78 is 84.7. The number of anilines is 1. The van der Waals surface area contributed by atoms with Gasteiger partial charge in [-0.2, -0.15) is 13.2 Å². The van der Waals surface area contributed by atoms with E-state index in [9.17, 15) is 31.1 Å². The molecular formula is C21H13F6NO2. The van der Waals surface area contributed by atoms with Crippen LogP contribution in [0.5, 0.6) is 11.5 Å². The van der Waals surface area contributed by atoms with Crippen molar-refractivity contribution in [3.05, 3.63) is 88.7 Å². The molecule has 0 saturated heterocycles. The fraction of sp³-hybridized carbons (Fsp3) is 0.0952. The van der Waals surface area contributed by atoms with Crippen LogP contribution < -0.4 is 10.1 Å². The highest BCUT2D eigenvalue weighted by Gasteiger charge is 2.34. The molecule has 0 atom stereocenters. The minimum absolute atomic E-state index is 0.0479. The van der Waals surface area contributed by atoms with Gasteiger partial charge in [0.05, 0.1) is 11.1 Å². The molecule has 0 unspecified atom stereocenters. The van der Waals surface area contributed by atoms with E-state index in [1.54, 1.807) is 0 Å². The maximum absolute atomic E-state index is 13.9. The molecule has 156 valence electrons. The normalized spacial score (nSPS) is 11.3. The Morgan fingerprint density at radius 2 is 1.57 bits per heavy atom. The van der Waals surface area contributed by atoms with Crippen molar-refractivity contribution in [2.45, 2.75) is 13.1 Å². The summed E-state index contributed by atoms with van der Waals surface area (Å²) in [5.41, 5.74) is -1.21. The molecule has 0 radical (unpaired) electrons. The van der Waals surface area contributed by atoms with E-state index in [4.69, 9.17) is 4.74 Å². The molecular weight excluding hydrogens is 412 g/mol. The quantitative estimate of drug-likeness (QED) is 0.486. The highest BCUT2D eigenvalue weighted by Crippen LogP contribution is 2.38.